The van der Waals surface area contributed by atoms with Gasteiger partial charge in [0.2, 0.25) is 5.91 Å². The van der Waals surface area contributed by atoms with Gasteiger partial charge in [-0.2, -0.15) is 0 Å². The first-order valence-electron chi connectivity index (χ1n) is 6.14. The van der Waals surface area contributed by atoms with Crippen molar-refractivity contribution in [3.05, 3.63) is 34.8 Å². The third-order valence-electron chi connectivity index (χ3n) is 2.77. The van der Waals surface area contributed by atoms with Gasteiger partial charge < -0.3 is 19.6 Å². The largest absolute Gasteiger partial charge is 0.420 e. The smallest absolute Gasteiger partial charge is 0.408 e. The number of hydrogen-bond donors (Lipinski definition) is 2. The van der Waals surface area contributed by atoms with Crippen LogP contribution in [0.4, 0.5) is 0 Å². The predicted octanol–water partition coefficient (Wildman–Crippen LogP) is -0.282. The fraction of sp³-hybridized carbons (Fsp3) is 0.385. The molecule has 0 saturated carbocycles. The zero-order chi connectivity index (χ0) is 14.5. The number of hydrogen-bond acceptors (Lipinski definition) is 5. The fourth-order valence-electron chi connectivity index (χ4n) is 1.85. The minimum Gasteiger partial charge on any atom is -0.408 e. The molecule has 0 radical (unpaired) electrons. The van der Waals surface area contributed by atoms with Crippen LogP contribution in [0.25, 0.3) is 11.1 Å². The van der Waals surface area contributed by atoms with Crippen LogP contribution < -0.4 is 11.1 Å². The van der Waals surface area contributed by atoms with Crippen LogP contribution in [0.15, 0.2) is 33.5 Å². The Hall–Kier alpha value is -2.12. The van der Waals surface area contributed by atoms with E-state index in [2.05, 4.69) is 5.32 Å². The molecule has 7 nitrogen and oxygen atoms in total. The number of nitrogens with zero attached hydrogens (tertiary/aromatic N) is 1. The molecule has 2 N–H and O–H groups in total. The minimum absolute atomic E-state index is 0.0667. The number of nitrogens with one attached hydrogen (secondary N) is 1. The molecule has 1 aromatic heterocycles. The molecular formula is C13H16N2O5. The summed E-state index contributed by atoms with van der Waals surface area (Å²) in [7, 11) is 1.46. The number of methoxy groups -OCH3 is 1. The second-order valence-corrected chi connectivity index (χ2v) is 4.34. The average molecular weight is 280 g/mol. The zero-order valence-electron chi connectivity index (χ0n) is 11.0. The summed E-state index contributed by atoms with van der Waals surface area (Å²) in [5, 5.41) is 12.0. The highest BCUT2D eigenvalue weighted by molar-refractivity contribution is 5.79. The molecule has 1 heterocycles. The zero-order valence-corrected chi connectivity index (χ0v) is 11.0. The van der Waals surface area contributed by atoms with E-state index in [4.69, 9.17) is 9.15 Å². The molecule has 7 heteroatoms. The molecule has 0 fully saturated rings. The molecule has 20 heavy (non-hydrogen) atoms. The number of carbonyl (C=O) groups is 1. The van der Waals surface area contributed by atoms with Crippen molar-refractivity contribution in [2.24, 2.45) is 0 Å². The van der Waals surface area contributed by atoms with Gasteiger partial charge in [-0.05, 0) is 12.1 Å². The Morgan fingerprint density at radius 2 is 2.25 bits per heavy atom. The van der Waals surface area contributed by atoms with E-state index in [1.54, 1.807) is 24.3 Å². The highest BCUT2D eigenvalue weighted by atomic mass is 16.5. The van der Waals surface area contributed by atoms with E-state index in [-0.39, 0.29) is 25.6 Å². The first kappa shape index (κ1) is 14.3. The molecule has 0 saturated heterocycles. The van der Waals surface area contributed by atoms with Crippen LogP contribution in [0.1, 0.15) is 0 Å². The summed E-state index contributed by atoms with van der Waals surface area (Å²) in [6.45, 7) is 0.0433. The van der Waals surface area contributed by atoms with Crippen molar-refractivity contribution in [3.63, 3.8) is 0 Å². The van der Waals surface area contributed by atoms with E-state index in [0.29, 0.717) is 11.1 Å². The van der Waals surface area contributed by atoms with Gasteiger partial charge in [0.15, 0.2) is 5.58 Å². The van der Waals surface area contributed by atoms with Crippen molar-refractivity contribution in [3.8, 4) is 0 Å². The van der Waals surface area contributed by atoms with Gasteiger partial charge in [0.25, 0.3) is 0 Å². The fourth-order valence-corrected chi connectivity index (χ4v) is 1.85. The lowest BCUT2D eigenvalue weighted by Gasteiger charge is -2.10. The van der Waals surface area contributed by atoms with Crippen LogP contribution in [-0.2, 0) is 16.1 Å². The van der Waals surface area contributed by atoms with E-state index in [9.17, 15) is 14.7 Å². The molecule has 2 rings (SSSR count). The molecule has 1 atom stereocenters. The van der Waals surface area contributed by atoms with E-state index in [0.717, 1.165) is 0 Å². The number of oxazole rings is 1. The number of fused-ring (bicyclic) bond motifs is 1. The number of ether oxygens (including phenoxy) is 1. The molecule has 1 amide bonds. The summed E-state index contributed by atoms with van der Waals surface area (Å²) in [6, 6.07) is 6.87. The SMILES string of the molecule is COCC(O)CNC(=O)Cn1c(=O)oc2ccccc21. The summed E-state index contributed by atoms with van der Waals surface area (Å²) in [5.41, 5.74) is 0.995. The number of carbonyl (C=O) groups excluding carboxylic acids is 1. The van der Waals surface area contributed by atoms with Crippen molar-refractivity contribution >= 4 is 17.0 Å². The highest BCUT2D eigenvalue weighted by Crippen LogP contribution is 2.11. The highest BCUT2D eigenvalue weighted by Gasteiger charge is 2.13. The van der Waals surface area contributed by atoms with Crippen LogP contribution in [0.5, 0.6) is 0 Å². The van der Waals surface area contributed by atoms with Gasteiger partial charge in [-0.15, -0.1) is 0 Å². The van der Waals surface area contributed by atoms with Gasteiger partial charge in [-0.3, -0.25) is 9.36 Å². The number of aliphatic hydroxyl groups excluding tert-OH is 1. The Balaban J connectivity index is 2.03. The molecule has 1 aromatic carbocycles. The topological polar surface area (TPSA) is 93.7 Å². The van der Waals surface area contributed by atoms with Crippen LogP contribution in [0.2, 0.25) is 0 Å². The third-order valence-corrected chi connectivity index (χ3v) is 2.77. The molecule has 0 bridgehead atoms. The van der Waals surface area contributed by atoms with Gasteiger partial charge >= 0.3 is 5.76 Å². The Labute approximate surface area is 114 Å². The monoisotopic (exact) mass is 280 g/mol. The van der Waals surface area contributed by atoms with Crippen LogP contribution >= 0.6 is 0 Å². The van der Waals surface area contributed by atoms with Crippen LogP contribution in [-0.4, -0.2) is 41.9 Å². The first-order chi connectivity index (χ1) is 9.61. The second kappa shape index (κ2) is 6.36. The predicted molar refractivity (Wildman–Crippen MR) is 71.4 cm³/mol. The Morgan fingerprint density at radius 1 is 1.50 bits per heavy atom. The number of para-hydroxylation sites is 2. The lowest BCUT2D eigenvalue weighted by atomic mass is 10.3. The molecule has 0 aliphatic heterocycles. The maximum atomic E-state index is 11.8. The quantitative estimate of drug-likeness (QED) is 0.759. The second-order valence-electron chi connectivity index (χ2n) is 4.34. The van der Waals surface area contributed by atoms with E-state index in [1.807, 2.05) is 0 Å². The first-order valence-corrected chi connectivity index (χ1v) is 6.14. The van der Waals surface area contributed by atoms with Crippen LogP contribution in [0.3, 0.4) is 0 Å². The summed E-state index contributed by atoms with van der Waals surface area (Å²) in [4.78, 5) is 23.4. The maximum absolute atomic E-state index is 11.8. The lowest BCUT2D eigenvalue weighted by molar-refractivity contribution is -0.122. The number of amides is 1. The standard InChI is InChI=1S/C13H16N2O5/c1-19-8-9(16)6-14-12(17)7-15-10-4-2-3-5-11(10)20-13(15)18/h2-5,9,16H,6-8H2,1H3,(H,14,17). The van der Waals surface area contributed by atoms with Gasteiger partial charge in [0, 0.05) is 13.7 Å². The maximum Gasteiger partial charge on any atom is 0.420 e. The molecule has 1 unspecified atom stereocenters. The van der Waals surface area contributed by atoms with E-state index in [1.165, 1.54) is 11.7 Å². The van der Waals surface area contributed by atoms with Gasteiger partial charge in [-0.25, -0.2) is 4.79 Å². The van der Waals surface area contributed by atoms with Crippen molar-refractivity contribution in [2.75, 3.05) is 20.3 Å². The number of rotatable bonds is 6. The number of aromatic nitrogens is 1. The van der Waals surface area contributed by atoms with Gasteiger partial charge in [0.1, 0.15) is 6.54 Å². The Morgan fingerprint density at radius 3 is 3.00 bits per heavy atom. The van der Waals surface area contributed by atoms with Gasteiger partial charge in [-0.1, -0.05) is 12.1 Å². The summed E-state index contributed by atoms with van der Waals surface area (Å²) in [5.74, 6) is -0.965. The Kier molecular flexibility index (Phi) is 4.54. The van der Waals surface area contributed by atoms with Crippen molar-refractivity contribution < 1.29 is 19.1 Å². The molecule has 0 spiro atoms. The Bertz CT molecular complexity index is 645. The molecule has 108 valence electrons. The van der Waals surface area contributed by atoms with E-state index < -0.39 is 11.9 Å². The van der Waals surface area contributed by atoms with Crippen molar-refractivity contribution in [1.82, 2.24) is 9.88 Å². The summed E-state index contributed by atoms with van der Waals surface area (Å²) < 4.78 is 11.0. The molecule has 0 aliphatic carbocycles. The van der Waals surface area contributed by atoms with Crippen molar-refractivity contribution in [2.45, 2.75) is 12.6 Å². The number of benzene rings is 1. The molecule has 0 aliphatic rings. The normalized spacial score (nSPS) is 12.5. The molecular weight excluding hydrogens is 264 g/mol. The minimum atomic E-state index is -0.776. The summed E-state index contributed by atoms with van der Waals surface area (Å²) in [6.07, 6.45) is -0.776. The van der Waals surface area contributed by atoms with E-state index >= 15 is 0 Å². The summed E-state index contributed by atoms with van der Waals surface area (Å²) >= 11 is 0. The van der Waals surface area contributed by atoms with Gasteiger partial charge in [0.05, 0.1) is 18.2 Å². The average Bonchev–Trinajstić information content (AvgIpc) is 2.73. The third kappa shape index (κ3) is 3.25. The van der Waals surface area contributed by atoms with Crippen molar-refractivity contribution in [1.29, 1.82) is 0 Å². The molecule has 2 aromatic rings. The number of aliphatic hydroxyl groups is 1. The van der Waals surface area contributed by atoms with Crippen LogP contribution in [0, 0.1) is 0 Å². The lowest BCUT2D eigenvalue weighted by Crippen LogP contribution is -2.37.